The molecule has 5 nitrogen and oxygen atoms in total. The zero-order valence-corrected chi connectivity index (χ0v) is 19.9. The Morgan fingerprint density at radius 2 is 1.77 bits per heavy atom. The summed E-state index contributed by atoms with van der Waals surface area (Å²) in [4.78, 5) is 33.8. The van der Waals surface area contributed by atoms with Gasteiger partial charge in [-0.3, -0.25) is 14.5 Å². The molecule has 3 unspecified atom stereocenters. The van der Waals surface area contributed by atoms with Gasteiger partial charge in [0.15, 0.2) is 0 Å². The van der Waals surface area contributed by atoms with Gasteiger partial charge >= 0.3 is 0 Å². The van der Waals surface area contributed by atoms with E-state index in [2.05, 4.69) is 25.7 Å². The third-order valence-corrected chi connectivity index (χ3v) is 7.67. The highest BCUT2D eigenvalue weighted by Gasteiger charge is 2.48. The summed E-state index contributed by atoms with van der Waals surface area (Å²) in [6.07, 6.45) is 6.22. The molecule has 4 rings (SSSR count). The molecule has 3 fully saturated rings. The van der Waals surface area contributed by atoms with Crippen molar-refractivity contribution >= 4 is 23.4 Å². The minimum atomic E-state index is -0.347. The fraction of sp³-hybridized carbons (Fsp3) is 0.680. The van der Waals surface area contributed by atoms with E-state index in [0.717, 1.165) is 58.3 Å². The lowest BCUT2D eigenvalue weighted by molar-refractivity contribution is -0.135. The van der Waals surface area contributed by atoms with Crippen LogP contribution in [-0.2, 0) is 4.79 Å². The van der Waals surface area contributed by atoms with Crippen LogP contribution in [0.3, 0.4) is 0 Å². The summed E-state index contributed by atoms with van der Waals surface area (Å²) >= 11 is 6.17. The highest BCUT2D eigenvalue weighted by Crippen LogP contribution is 2.41. The largest absolute Gasteiger partial charge is 0.340 e. The van der Waals surface area contributed by atoms with Crippen molar-refractivity contribution in [2.24, 2.45) is 5.92 Å². The van der Waals surface area contributed by atoms with Crippen LogP contribution in [0.2, 0.25) is 5.02 Å². The number of rotatable bonds is 2. The van der Waals surface area contributed by atoms with E-state index in [1.807, 2.05) is 21.9 Å². The number of carbonyl (C=O) groups excluding carboxylic acids is 2. The van der Waals surface area contributed by atoms with Crippen molar-refractivity contribution in [2.75, 3.05) is 26.2 Å². The quantitative estimate of drug-likeness (QED) is 0.675. The fourth-order valence-electron chi connectivity index (χ4n) is 5.76. The maximum atomic E-state index is 13.8. The lowest BCUT2D eigenvalue weighted by atomic mass is 9.84. The molecule has 0 radical (unpaired) electrons. The molecule has 1 aliphatic carbocycles. The molecule has 6 heteroatoms. The Kier molecular flexibility index (Phi) is 6.64. The van der Waals surface area contributed by atoms with E-state index in [0.29, 0.717) is 16.5 Å². The van der Waals surface area contributed by atoms with Crippen LogP contribution >= 0.6 is 11.6 Å². The van der Waals surface area contributed by atoms with Gasteiger partial charge in [-0.25, -0.2) is 0 Å². The van der Waals surface area contributed by atoms with Crippen LogP contribution in [0.1, 0.15) is 69.7 Å². The summed E-state index contributed by atoms with van der Waals surface area (Å²) < 4.78 is 0. The van der Waals surface area contributed by atoms with Gasteiger partial charge in [-0.15, -0.1) is 0 Å². The molecule has 0 bridgehead atoms. The monoisotopic (exact) mass is 445 g/mol. The zero-order valence-electron chi connectivity index (χ0n) is 19.1. The van der Waals surface area contributed by atoms with Gasteiger partial charge in [0.25, 0.3) is 5.91 Å². The van der Waals surface area contributed by atoms with Gasteiger partial charge in [0.1, 0.15) is 6.04 Å². The Labute approximate surface area is 191 Å². The second-order valence-corrected chi connectivity index (χ2v) is 10.9. The summed E-state index contributed by atoms with van der Waals surface area (Å²) in [5, 5.41) is 0.558. The van der Waals surface area contributed by atoms with Crippen LogP contribution in [-0.4, -0.2) is 70.3 Å². The third kappa shape index (κ3) is 4.78. The average Bonchev–Trinajstić information content (AvgIpc) is 2.93. The standard InChI is InChI=1S/C25H36ClN3O2/c1-25(2,3)28-13-7-12-27(14-15-28)24(31)22-17-18-8-4-5-11-21(18)29(22)23(30)19-9-6-10-20(26)16-19/h6,9-10,16,18,21-22H,4-5,7-8,11-15,17H2,1-3H3. The summed E-state index contributed by atoms with van der Waals surface area (Å²) in [7, 11) is 0. The molecule has 1 aromatic rings. The van der Waals surface area contributed by atoms with Gasteiger partial charge in [-0.2, -0.15) is 0 Å². The molecule has 170 valence electrons. The van der Waals surface area contributed by atoms with Crippen LogP contribution in [0.5, 0.6) is 0 Å². The molecule has 3 atom stereocenters. The highest BCUT2D eigenvalue weighted by atomic mass is 35.5. The SMILES string of the molecule is CC(C)(C)N1CCCN(C(=O)C2CC3CCCCC3N2C(=O)c2cccc(Cl)c2)CC1. The van der Waals surface area contributed by atoms with Gasteiger partial charge in [0, 0.05) is 48.3 Å². The molecule has 0 N–H and O–H groups in total. The predicted molar refractivity (Wildman–Crippen MR) is 124 cm³/mol. The number of amides is 2. The molecule has 2 aliphatic heterocycles. The molecular formula is C25H36ClN3O2. The van der Waals surface area contributed by atoms with Crippen molar-refractivity contribution in [1.82, 2.24) is 14.7 Å². The van der Waals surface area contributed by atoms with Gasteiger partial charge in [0.2, 0.25) is 5.91 Å². The van der Waals surface area contributed by atoms with Gasteiger partial charge in [-0.1, -0.05) is 30.5 Å². The van der Waals surface area contributed by atoms with E-state index in [-0.39, 0.29) is 29.4 Å². The Balaban J connectivity index is 1.56. The second kappa shape index (κ2) is 9.11. The average molecular weight is 446 g/mol. The number of benzene rings is 1. The van der Waals surface area contributed by atoms with Crippen LogP contribution in [0.4, 0.5) is 0 Å². The van der Waals surface area contributed by atoms with Crippen LogP contribution in [0, 0.1) is 5.92 Å². The normalized spacial score (nSPS) is 27.7. The van der Waals surface area contributed by atoms with E-state index in [4.69, 9.17) is 11.6 Å². The number of likely N-dealkylation sites (tertiary alicyclic amines) is 1. The van der Waals surface area contributed by atoms with E-state index in [9.17, 15) is 9.59 Å². The van der Waals surface area contributed by atoms with Crippen molar-refractivity contribution in [3.8, 4) is 0 Å². The predicted octanol–water partition coefficient (Wildman–Crippen LogP) is 4.45. The minimum absolute atomic E-state index is 0.0404. The molecule has 3 aliphatic rings. The molecule has 1 saturated carbocycles. The summed E-state index contributed by atoms with van der Waals surface area (Å²) in [5.74, 6) is 0.533. The molecule has 1 aromatic carbocycles. The number of hydrogen-bond donors (Lipinski definition) is 0. The first-order valence-electron chi connectivity index (χ1n) is 11.9. The molecule has 0 spiro atoms. The van der Waals surface area contributed by atoms with E-state index >= 15 is 0 Å². The third-order valence-electron chi connectivity index (χ3n) is 7.44. The summed E-state index contributed by atoms with van der Waals surface area (Å²) in [5.41, 5.74) is 0.696. The summed E-state index contributed by atoms with van der Waals surface area (Å²) in [6.45, 7) is 10.1. The lowest BCUT2D eigenvalue weighted by Crippen LogP contribution is -2.51. The first-order valence-corrected chi connectivity index (χ1v) is 12.3. The molecule has 31 heavy (non-hydrogen) atoms. The van der Waals surface area contributed by atoms with Crippen molar-refractivity contribution in [3.05, 3.63) is 34.9 Å². The lowest BCUT2D eigenvalue weighted by Gasteiger charge is -2.36. The topological polar surface area (TPSA) is 43.9 Å². The minimum Gasteiger partial charge on any atom is -0.340 e. The zero-order chi connectivity index (χ0) is 22.2. The highest BCUT2D eigenvalue weighted by molar-refractivity contribution is 6.31. The van der Waals surface area contributed by atoms with Crippen molar-refractivity contribution < 1.29 is 9.59 Å². The number of halogens is 1. The first-order chi connectivity index (χ1) is 14.8. The molecule has 0 aromatic heterocycles. The van der Waals surface area contributed by atoms with Crippen LogP contribution in [0.25, 0.3) is 0 Å². The Morgan fingerprint density at radius 1 is 1.00 bits per heavy atom. The summed E-state index contributed by atoms with van der Waals surface area (Å²) in [6, 6.07) is 6.98. The molecular weight excluding hydrogens is 410 g/mol. The fourth-order valence-corrected chi connectivity index (χ4v) is 5.95. The molecule has 2 saturated heterocycles. The molecule has 2 amide bonds. The van der Waals surface area contributed by atoms with Gasteiger partial charge in [-0.05, 0) is 70.6 Å². The molecule has 2 heterocycles. The van der Waals surface area contributed by atoms with E-state index in [1.54, 1.807) is 12.1 Å². The van der Waals surface area contributed by atoms with Crippen molar-refractivity contribution in [2.45, 2.75) is 76.9 Å². The van der Waals surface area contributed by atoms with E-state index in [1.165, 1.54) is 6.42 Å². The number of fused-ring (bicyclic) bond motifs is 1. The van der Waals surface area contributed by atoms with Crippen LogP contribution < -0.4 is 0 Å². The number of hydrogen-bond acceptors (Lipinski definition) is 3. The van der Waals surface area contributed by atoms with Gasteiger partial charge < -0.3 is 9.80 Å². The van der Waals surface area contributed by atoms with Crippen molar-refractivity contribution in [3.63, 3.8) is 0 Å². The maximum Gasteiger partial charge on any atom is 0.254 e. The van der Waals surface area contributed by atoms with Gasteiger partial charge in [0.05, 0.1) is 0 Å². The second-order valence-electron chi connectivity index (χ2n) is 10.4. The number of nitrogens with zero attached hydrogens (tertiary/aromatic N) is 3. The maximum absolute atomic E-state index is 13.8. The Hall–Kier alpha value is -1.59. The number of carbonyl (C=O) groups is 2. The Morgan fingerprint density at radius 3 is 2.52 bits per heavy atom. The van der Waals surface area contributed by atoms with E-state index < -0.39 is 0 Å². The first kappa shape index (κ1) is 22.6. The smallest absolute Gasteiger partial charge is 0.254 e. The van der Waals surface area contributed by atoms with Crippen molar-refractivity contribution in [1.29, 1.82) is 0 Å². The Bertz CT molecular complexity index is 821. The van der Waals surface area contributed by atoms with Crippen LogP contribution in [0.15, 0.2) is 24.3 Å².